The summed E-state index contributed by atoms with van der Waals surface area (Å²) in [5, 5.41) is 8.45. The van der Waals surface area contributed by atoms with Gasteiger partial charge in [-0.2, -0.15) is 5.10 Å². The lowest BCUT2D eigenvalue weighted by Crippen LogP contribution is -2.41. The number of aryl methyl sites for hydroxylation is 1. The highest BCUT2D eigenvalue weighted by molar-refractivity contribution is 5.96. The van der Waals surface area contributed by atoms with Crippen LogP contribution in [0.15, 0.2) is 35.0 Å². The summed E-state index contributed by atoms with van der Waals surface area (Å²) >= 11 is 0. The molecule has 0 aromatic carbocycles. The first-order chi connectivity index (χ1) is 15.7. The van der Waals surface area contributed by atoms with Crippen LogP contribution in [0.4, 0.5) is 0 Å². The number of pyridine rings is 1. The van der Waals surface area contributed by atoms with Gasteiger partial charge in [-0.15, -0.1) is 0 Å². The van der Waals surface area contributed by atoms with Gasteiger partial charge in [0.1, 0.15) is 5.69 Å². The second kappa shape index (κ2) is 7.71. The number of nitrogens with one attached hydrogen (secondary N) is 1. The van der Waals surface area contributed by atoms with Crippen LogP contribution in [0.25, 0.3) is 11.0 Å². The highest BCUT2D eigenvalue weighted by Crippen LogP contribution is 2.59. The summed E-state index contributed by atoms with van der Waals surface area (Å²) in [6.45, 7) is 8.44. The lowest BCUT2D eigenvalue weighted by Gasteiger charge is -2.33. The molecule has 1 atom stereocenters. The number of likely N-dealkylation sites (tertiary alicyclic amines) is 1. The summed E-state index contributed by atoms with van der Waals surface area (Å²) in [5.74, 6) is 0.639. The van der Waals surface area contributed by atoms with Gasteiger partial charge in [0.2, 0.25) is 0 Å². The quantitative estimate of drug-likeness (QED) is 0.658. The third-order valence-electron chi connectivity index (χ3n) is 7.33. The van der Waals surface area contributed by atoms with E-state index in [-0.39, 0.29) is 22.6 Å². The molecule has 5 rings (SSSR count). The Morgan fingerprint density at radius 2 is 2.00 bits per heavy atom. The van der Waals surface area contributed by atoms with E-state index in [0.717, 1.165) is 43.4 Å². The van der Waals surface area contributed by atoms with Gasteiger partial charge in [0, 0.05) is 43.7 Å². The Balaban J connectivity index is 1.14. The molecule has 3 aromatic heterocycles. The van der Waals surface area contributed by atoms with Crippen LogP contribution in [-0.4, -0.2) is 51.1 Å². The van der Waals surface area contributed by atoms with Crippen molar-refractivity contribution in [3.8, 4) is 0 Å². The predicted octanol–water partition coefficient (Wildman–Crippen LogP) is 3.53. The van der Waals surface area contributed by atoms with Crippen LogP contribution in [0.1, 0.15) is 66.8 Å². The van der Waals surface area contributed by atoms with Gasteiger partial charge < -0.3 is 14.6 Å². The van der Waals surface area contributed by atoms with Gasteiger partial charge in [-0.05, 0) is 48.8 Å². The average molecular weight is 450 g/mol. The zero-order chi connectivity index (χ0) is 23.4. The number of carbonyl (C=O) groups is 2. The van der Waals surface area contributed by atoms with Crippen molar-refractivity contribution in [1.82, 2.24) is 25.0 Å². The van der Waals surface area contributed by atoms with Crippen LogP contribution in [-0.2, 0) is 12.5 Å². The second-order valence-corrected chi connectivity index (χ2v) is 10.6. The highest BCUT2D eigenvalue weighted by Gasteiger charge is 2.55. The number of piperidine rings is 1. The van der Waals surface area contributed by atoms with Crippen molar-refractivity contribution in [3.63, 3.8) is 0 Å². The molecule has 1 N–H and O–H groups in total. The maximum Gasteiger partial charge on any atom is 0.287 e. The largest absolute Gasteiger partial charge is 0.449 e. The van der Waals surface area contributed by atoms with Crippen molar-refractivity contribution in [2.45, 2.75) is 45.4 Å². The molecule has 3 aromatic rings. The van der Waals surface area contributed by atoms with Crippen LogP contribution < -0.4 is 5.32 Å². The molecule has 174 valence electrons. The predicted molar refractivity (Wildman–Crippen MR) is 124 cm³/mol. The summed E-state index contributed by atoms with van der Waals surface area (Å²) < 4.78 is 7.31. The van der Waals surface area contributed by atoms with E-state index in [9.17, 15) is 9.59 Å². The number of rotatable bonds is 4. The molecular formula is C25H31N5O3. The summed E-state index contributed by atoms with van der Waals surface area (Å²) in [4.78, 5) is 31.6. The third kappa shape index (κ3) is 4.03. The molecule has 2 amide bonds. The Morgan fingerprint density at radius 3 is 2.67 bits per heavy atom. The van der Waals surface area contributed by atoms with Gasteiger partial charge in [-0.1, -0.05) is 20.8 Å². The van der Waals surface area contributed by atoms with Crippen molar-refractivity contribution in [3.05, 3.63) is 47.7 Å². The standard InChI is InChI=1S/C25H31N5O3/c1-24(2,3)21-12-18(29(4)28-21)23(32)30-9-6-25(7-10-30)13-17(25)14-27-22(31)19-11-16-5-8-26-15-20(16)33-19/h5,8,11-12,15,17H,6-7,9-10,13-14H2,1-4H3,(H,27,31). The molecule has 1 aliphatic heterocycles. The van der Waals surface area contributed by atoms with E-state index in [2.05, 4.69) is 36.2 Å². The second-order valence-electron chi connectivity index (χ2n) is 10.6. The molecule has 33 heavy (non-hydrogen) atoms. The first-order valence-corrected chi connectivity index (χ1v) is 11.6. The Morgan fingerprint density at radius 1 is 1.24 bits per heavy atom. The molecule has 8 heteroatoms. The van der Waals surface area contributed by atoms with E-state index >= 15 is 0 Å². The van der Waals surface area contributed by atoms with Crippen LogP contribution in [0, 0.1) is 11.3 Å². The van der Waals surface area contributed by atoms with E-state index in [0.29, 0.717) is 29.5 Å². The van der Waals surface area contributed by atoms with Crippen LogP contribution in [0.3, 0.4) is 0 Å². The van der Waals surface area contributed by atoms with Crippen molar-refractivity contribution in [2.24, 2.45) is 18.4 Å². The molecule has 1 spiro atoms. The van der Waals surface area contributed by atoms with Gasteiger partial charge in [0.05, 0.1) is 11.9 Å². The van der Waals surface area contributed by atoms with Gasteiger partial charge in [-0.25, -0.2) is 0 Å². The maximum atomic E-state index is 13.1. The minimum absolute atomic E-state index is 0.0558. The molecule has 8 nitrogen and oxygen atoms in total. The lowest BCUT2D eigenvalue weighted by atomic mass is 9.90. The monoisotopic (exact) mass is 449 g/mol. The van der Waals surface area contributed by atoms with E-state index < -0.39 is 0 Å². The molecule has 2 aliphatic rings. The number of amides is 2. The van der Waals surface area contributed by atoms with Gasteiger partial charge in [0.15, 0.2) is 11.3 Å². The van der Waals surface area contributed by atoms with Crippen LogP contribution in [0.5, 0.6) is 0 Å². The molecule has 1 aliphatic carbocycles. The van der Waals surface area contributed by atoms with Crippen molar-refractivity contribution < 1.29 is 14.0 Å². The van der Waals surface area contributed by atoms with Crippen LogP contribution >= 0.6 is 0 Å². The third-order valence-corrected chi connectivity index (χ3v) is 7.33. The molecule has 0 bridgehead atoms. The Labute approximate surface area is 193 Å². The topological polar surface area (TPSA) is 93.3 Å². The summed E-state index contributed by atoms with van der Waals surface area (Å²) in [7, 11) is 1.84. The van der Waals surface area contributed by atoms with Crippen molar-refractivity contribution in [2.75, 3.05) is 19.6 Å². The molecule has 0 radical (unpaired) electrons. The maximum absolute atomic E-state index is 13.1. The number of nitrogens with zero attached hydrogens (tertiary/aromatic N) is 4. The Kier molecular flexibility index (Phi) is 5.06. The number of furan rings is 1. The number of aromatic nitrogens is 3. The Bertz CT molecular complexity index is 1180. The van der Waals surface area contributed by atoms with Crippen LogP contribution in [0.2, 0.25) is 0 Å². The number of hydrogen-bond donors (Lipinski definition) is 1. The summed E-state index contributed by atoms with van der Waals surface area (Å²) in [5.41, 5.74) is 2.35. The van der Waals surface area contributed by atoms with Crippen molar-refractivity contribution in [1.29, 1.82) is 0 Å². The fraction of sp³-hybridized carbons (Fsp3) is 0.520. The first-order valence-electron chi connectivity index (χ1n) is 11.6. The minimum atomic E-state index is -0.188. The zero-order valence-corrected chi connectivity index (χ0v) is 19.7. The summed E-state index contributed by atoms with van der Waals surface area (Å²) in [6.07, 6.45) is 6.34. The summed E-state index contributed by atoms with van der Waals surface area (Å²) in [6, 6.07) is 5.51. The van der Waals surface area contributed by atoms with Crippen molar-refractivity contribution >= 4 is 22.8 Å². The highest BCUT2D eigenvalue weighted by atomic mass is 16.3. The van der Waals surface area contributed by atoms with Gasteiger partial charge >= 0.3 is 0 Å². The number of hydrogen-bond acceptors (Lipinski definition) is 5. The smallest absolute Gasteiger partial charge is 0.287 e. The molecule has 1 saturated heterocycles. The molecule has 1 saturated carbocycles. The SMILES string of the molecule is Cn1nc(C(C)(C)C)cc1C(=O)N1CCC2(CC1)CC2CNC(=O)c1cc2ccncc2o1. The van der Waals surface area contributed by atoms with E-state index in [1.165, 1.54) is 0 Å². The zero-order valence-electron chi connectivity index (χ0n) is 19.7. The fourth-order valence-electron chi connectivity index (χ4n) is 4.98. The van der Waals surface area contributed by atoms with E-state index in [1.54, 1.807) is 23.1 Å². The average Bonchev–Trinajstić information content (AvgIpc) is 3.12. The molecule has 1 unspecified atom stereocenters. The minimum Gasteiger partial charge on any atom is -0.449 e. The number of fused-ring (bicyclic) bond motifs is 1. The van der Waals surface area contributed by atoms with Gasteiger partial charge in [-0.3, -0.25) is 19.3 Å². The number of carbonyl (C=O) groups excluding carboxylic acids is 2. The molecular weight excluding hydrogens is 418 g/mol. The molecule has 2 fully saturated rings. The van der Waals surface area contributed by atoms with Gasteiger partial charge in [0.25, 0.3) is 11.8 Å². The Hall–Kier alpha value is -3.16. The normalized spacial score (nSPS) is 19.8. The molecule has 4 heterocycles. The van der Waals surface area contributed by atoms with E-state index in [1.807, 2.05) is 24.1 Å². The lowest BCUT2D eigenvalue weighted by molar-refractivity contribution is 0.0657. The van der Waals surface area contributed by atoms with E-state index in [4.69, 9.17) is 4.42 Å². The first kappa shape index (κ1) is 21.7. The fourth-order valence-corrected chi connectivity index (χ4v) is 4.98.